The van der Waals surface area contributed by atoms with Gasteiger partial charge in [0.05, 0.1) is 10.4 Å². The number of carbonyl (C=O) groups excluding carboxylic acids is 1. The average Bonchev–Trinajstić information content (AvgIpc) is 2.83. The molecule has 0 spiro atoms. The summed E-state index contributed by atoms with van der Waals surface area (Å²) in [5, 5.41) is 13.0. The molecule has 0 radical (unpaired) electrons. The maximum absolute atomic E-state index is 12.9. The SMILES string of the molecule is N#C/C(=C/c1ccc2ncccc2c1)C(=O)Nc1cccc(S(=O)(=O)N2CCCCC2)c1. The van der Waals surface area contributed by atoms with Crippen LogP contribution in [0, 0.1) is 11.3 Å². The lowest BCUT2D eigenvalue weighted by atomic mass is 10.1. The summed E-state index contributed by atoms with van der Waals surface area (Å²) in [6.45, 7) is 1.00. The predicted molar refractivity (Wildman–Crippen MR) is 123 cm³/mol. The number of sulfonamides is 1. The highest BCUT2D eigenvalue weighted by Gasteiger charge is 2.26. The Bertz CT molecular complexity index is 1340. The minimum absolute atomic E-state index is 0.0856. The van der Waals surface area contributed by atoms with Crippen LogP contribution >= 0.6 is 0 Å². The molecule has 32 heavy (non-hydrogen) atoms. The Hall–Kier alpha value is -3.54. The van der Waals surface area contributed by atoms with E-state index >= 15 is 0 Å². The molecule has 1 N–H and O–H groups in total. The second-order valence-corrected chi connectivity index (χ2v) is 9.51. The van der Waals surface area contributed by atoms with E-state index in [1.54, 1.807) is 24.4 Å². The van der Waals surface area contributed by atoms with Crippen LogP contribution in [0.3, 0.4) is 0 Å². The molecule has 0 unspecified atom stereocenters. The van der Waals surface area contributed by atoms with Crippen molar-refractivity contribution in [2.24, 2.45) is 0 Å². The summed E-state index contributed by atoms with van der Waals surface area (Å²) >= 11 is 0. The van der Waals surface area contributed by atoms with Crippen molar-refractivity contribution in [3.8, 4) is 6.07 Å². The molecule has 1 saturated heterocycles. The first-order valence-electron chi connectivity index (χ1n) is 10.4. The van der Waals surface area contributed by atoms with Crippen LogP contribution in [0.1, 0.15) is 24.8 Å². The first kappa shape index (κ1) is 21.7. The van der Waals surface area contributed by atoms with Gasteiger partial charge in [-0.05, 0) is 60.9 Å². The van der Waals surface area contributed by atoms with E-state index in [4.69, 9.17) is 0 Å². The van der Waals surface area contributed by atoms with Gasteiger partial charge in [-0.2, -0.15) is 9.57 Å². The zero-order valence-electron chi connectivity index (χ0n) is 17.4. The number of rotatable bonds is 5. The molecule has 0 aliphatic carbocycles. The third kappa shape index (κ3) is 4.69. The highest BCUT2D eigenvalue weighted by molar-refractivity contribution is 7.89. The third-order valence-electron chi connectivity index (χ3n) is 5.35. The van der Waals surface area contributed by atoms with Gasteiger partial charge in [0.1, 0.15) is 11.6 Å². The molecule has 4 rings (SSSR count). The van der Waals surface area contributed by atoms with Gasteiger partial charge in [-0.3, -0.25) is 9.78 Å². The molecule has 162 valence electrons. The molecule has 1 amide bonds. The quantitative estimate of drug-likeness (QED) is 0.472. The van der Waals surface area contributed by atoms with Crippen LogP contribution in [-0.4, -0.2) is 36.7 Å². The van der Waals surface area contributed by atoms with Gasteiger partial charge in [0.15, 0.2) is 0 Å². The Morgan fingerprint density at radius 2 is 1.88 bits per heavy atom. The number of benzene rings is 2. The normalized spacial score (nSPS) is 15.3. The number of pyridine rings is 1. The summed E-state index contributed by atoms with van der Waals surface area (Å²) in [6.07, 6.45) is 5.91. The lowest BCUT2D eigenvalue weighted by Gasteiger charge is -2.26. The minimum atomic E-state index is -3.62. The maximum Gasteiger partial charge on any atom is 0.266 e. The molecule has 3 aromatic rings. The fourth-order valence-corrected chi connectivity index (χ4v) is 5.25. The number of hydrogen-bond donors (Lipinski definition) is 1. The largest absolute Gasteiger partial charge is 0.321 e. The van der Waals surface area contributed by atoms with Gasteiger partial charge in [-0.15, -0.1) is 0 Å². The number of hydrogen-bond acceptors (Lipinski definition) is 5. The van der Waals surface area contributed by atoms with E-state index in [0.717, 1.165) is 30.2 Å². The molecule has 0 saturated carbocycles. The van der Waals surface area contributed by atoms with Crippen molar-refractivity contribution in [3.05, 3.63) is 71.9 Å². The summed E-state index contributed by atoms with van der Waals surface area (Å²) in [5.41, 5.74) is 1.74. The molecule has 2 heterocycles. The van der Waals surface area contributed by atoms with Crippen molar-refractivity contribution >= 4 is 38.6 Å². The van der Waals surface area contributed by atoms with Gasteiger partial charge in [0.25, 0.3) is 5.91 Å². The molecular formula is C24H22N4O3S. The fraction of sp³-hybridized carbons (Fsp3) is 0.208. The van der Waals surface area contributed by atoms with E-state index in [1.807, 2.05) is 30.3 Å². The van der Waals surface area contributed by atoms with Crippen molar-refractivity contribution in [1.29, 1.82) is 5.26 Å². The number of nitrogens with zero attached hydrogens (tertiary/aromatic N) is 3. The number of nitrogens with one attached hydrogen (secondary N) is 1. The Morgan fingerprint density at radius 3 is 2.66 bits per heavy atom. The van der Waals surface area contributed by atoms with E-state index in [-0.39, 0.29) is 10.5 Å². The Labute approximate surface area is 187 Å². The summed E-state index contributed by atoms with van der Waals surface area (Å²) in [6, 6.07) is 17.2. The molecule has 8 heteroatoms. The lowest BCUT2D eigenvalue weighted by Crippen LogP contribution is -2.35. The van der Waals surface area contributed by atoms with Crippen LogP contribution < -0.4 is 5.32 Å². The minimum Gasteiger partial charge on any atom is -0.321 e. The van der Waals surface area contributed by atoms with E-state index < -0.39 is 15.9 Å². The zero-order valence-corrected chi connectivity index (χ0v) is 18.2. The van der Waals surface area contributed by atoms with Crippen molar-refractivity contribution in [2.45, 2.75) is 24.2 Å². The van der Waals surface area contributed by atoms with Crippen LogP contribution in [0.2, 0.25) is 0 Å². The summed E-state index contributed by atoms with van der Waals surface area (Å²) < 4.78 is 27.3. The number of anilines is 1. The smallest absolute Gasteiger partial charge is 0.266 e. The van der Waals surface area contributed by atoms with Crippen LogP contribution in [0.4, 0.5) is 5.69 Å². The molecule has 1 aromatic heterocycles. The van der Waals surface area contributed by atoms with Crippen molar-refractivity contribution in [1.82, 2.24) is 9.29 Å². The number of nitriles is 1. The predicted octanol–water partition coefficient (Wildman–Crippen LogP) is 3.96. The molecular weight excluding hydrogens is 424 g/mol. The molecule has 2 aromatic carbocycles. The van der Waals surface area contributed by atoms with Gasteiger partial charge in [-0.25, -0.2) is 8.42 Å². The Kier molecular flexibility index (Phi) is 6.30. The molecule has 7 nitrogen and oxygen atoms in total. The first-order valence-corrected chi connectivity index (χ1v) is 11.8. The standard InChI is InChI=1S/C24H22N4O3S/c25-17-20(15-18-9-10-23-19(14-18)6-5-11-26-23)24(29)27-21-7-4-8-22(16-21)32(30,31)28-12-2-1-3-13-28/h4-11,14-16H,1-3,12-13H2,(H,27,29)/b20-15-. The van der Waals surface area contributed by atoms with E-state index in [2.05, 4.69) is 10.3 Å². The van der Waals surface area contributed by atoms with Crippen LogP contribution in [0.15, 0.2) is 71.3 Å². The summed E-state index contributed by atoms with van der Waals surface area (Å²) in [5.74, 6) is -0.605. The molecule has 0 atom stereocenters. The average molecular weight is 447 g/mol. The number of piperidine rings is 1. The van der Waals surface area contributed by atoms with Gasteiger partial charge in [-0.1, -0.05) is 24.6 Å². The lowest BCUT2D eigenvalue weighted by molar-refractivity contribution is -0.112. The van der Waals surface area contributed by atoms with Crippen LogP contribution in [0.5, 0.6) is 0 Å². The van der Waals surface area contributed by atoms with Crippen LogP contribution in [0.25, 0.3) is 17.0 Å². The Morgan fingerprint density at radius 1 is 1.06 bits per heavy atom. The maximum atomic E-state index is 12.9. The topological polar surface area (TPSA) is 103 Å². The van der Waals surface area contributed by atoms with Crippen LogP contribution in [-0.2, 0) is 14.8 Å². The van der Waals surface area contributed by atoms with Crippen molar-refractivity contribution < 1.29 is 13.2 Å². The number of aromatic nitrogens is 1. The van der Waals surface area contributed by atoms with Gasteiger partial charge in [0, 0.05) is 30.4 Å². The van der Waals surface area contributed by atoms with E-state index in [9.17, 15) is 18.5 Å². The second-order valence-electron chi connectivity index (χ2n) is 7.57. The summed E-state index contributed by atoms with van der Waals surface area (Å²) in [4.78, 5) is 17.1. The zero-order chi connectivity index (χ0) is 22.6. The first-order chi connectivity index (χ1) is 15.5. The number of carbonyl (C=O) groups is 1. The highest BCUT2D eigenvalue weighted by atomic mass is 32.2. The number of fused-ring (bicyclic) bond motifs is 1. The number of amides is 1. The molecule has 1 fully saturated rings. The highest BCUT2D eigenvalue weighted by Crippen LogP contribution is 2.23. The summed E-state index contributed by atoms with van der Waals surface area (Å²) in [7, 11) is -3.62. The van der Waals surface area contributed by atoms with Gasteiger partial charge in [0.2, 0.25) is 10.0 Å². The van der Waals surface area contributed by atoms with Gasteiger partial charge >= 0.3 is 0 Å². The third-order valence-corrected chi connectivity index (χ3v) is 7.24. The van der Waals surface area contributed by atoms with Gasteiger partial charge < -0.3 is 5.32 Å². The molecule has 1 aliphatic rings. The molecule has 0 bridgehead atoms. The second kappa shape index (κ2) is 9.30. The van der Waals surface area contributed by atoms with E-state index in [1.165, 1.54) is 22.5 Å². The molecule has 1 aliphatic heterocycles. The van der Waals surface area contributed by atoms with Crippen molar-refractivity contribution in [3.63, 3.8) is 0 Å². The van der Waals surface area contributed by atoms with E-state index in [0.29, 0.717) is 24.3 Å². The Balaban J connectivity index is 1.55. The van der Waals surface area contributed by atoms with Crippen molar-refractivity contribution in [2.75, 3.05) is 18.4 Å². The monoisotopic (exact) mass is 446 g/mol. The fourth-order valence-electron chi connectivity index (χ4n) is 3.69.